The highest BCUT2D eigenvalue weighted by Gasteiger charge is 2.31. The topological polar surface area (TPSA) is 99.8 Å². The van der Waals surface area contributed by atoms with Crippen LogP contribution in [0.3, 0.4) is 0 Å². The SMILES string of the molecule is CCCC1(C)CCCN(C(=NCc2ccc(C(=O)NCC(N)=O)cc2)NCC)C1.I. The van der Waals surface area contributed by atoms with Crippen LogP contribution in [0.15, 0.2) is 29.3 Å². The van der Waals surface area contributed by atoms with E-state index in [0.29, 0.717) is 17.5 Å². The lowest BCUT2D eigenvalue weighted by atomic mass is 9.78. The Morgan fingerprint density at radius 1 is 1.20 bits per heavy atom. The van der Waals surface area contributed by atoms with Crippen LogP contribution in [0.4, 0.5) is 0 Å². The number of nitrogens with two attached hydrogens (primary N) is 1. The van der Waals surface area contributed by atoms with E-state index in [1.807, 2.05) is 12.1 Å². The summed E-state index contributed by atoms with van der Waals surface area (Å²) in [7, 11) is 0. The maximum atomic E-state index is 12.0. The molecule has 0 aromatic heterocycles. The number of guanidine groups is 1. The molecule has 1 aromatic carbocycles. The molecule has 168 valence electrons. The molecule has 30 heavy (non-hydrogen) atoms. The number of halogens is 1. The molecule has 1 saturated heterocycles. The lowest BCUT2D eigenvalue weighted by molar-refractivity contribution is -0.117. The number of likely N-dealkylation sites (tertiary alicyclic amines) is 1. The smallest absolute Gasteiger partial charge is 0.251 e. The highest BCUT2D eigenvalue weighted by molar-refractivity contribution is 14.0. The van der Waals surface area contributed by atoms with Crippen LogP contribution >= 0.6 is 24.0 Å². The van der Waals surface area contributed by atoms with Crippen LogP contribution in [0.1, 0.15) is 62.4 Å². The number of nitrogens with one attached hydrogen (secondary N) is 2. The molecule has 0 bridgehead atoms. The molecule has 1 atom stereocenters. The van der Waals surface area contributed by atoms with E-state index in [4.69, 9.17) is 10.7 Å². The zero-order chi connectivity index (χ0) is 21.3. The quantitative estimate of drug-likeness (QED) is 0.274. The van der Waals surface area contributed by atoms with Gasteiger partial charge in [-0.05, 0) is 49.3 Å². The number of nitrogens with zero attached hydrogens (tertiary/aromatic N) is 2. The largest absolute Gasteiger partial charge is 0.368 e. The molecule has 2 amide bonds. The number of hydrogen-bond acceptors (Lipinski definition) is 3. The van der Waals surface area contributed by atoms with Crippen molar-refractivity contribution >= 4 is 41.8 Å². The van der Waals surface area contributed by atoms with E-state index in [9.17, 15) is 9.59 Å². The first kappa shape index (κ1) is 26.2. The van der Waals surface area contributed by atoms with Crippen molar-refractivity contribution in [3.63, 3.8) is 0 Å². The second kappa shape index (κ2) is 12.8. The van der Waals surface area contributed by atoms with Crippen LogP contribution < -0.4 is 16.4 Å². The molecule has 1 fully saturated rings. The average molecular weight is 529 g/mol. The van der Waals surface area contributed by atoms with Crippen LogP contribution in [-0.4, -0.2) is 48.9 Å². The number of rotatable bonds is 8. The van der Waals surface area contributed by atoms with E-state index in [1.165, 1.54) is 25.7 Å². The molecule has 1 unspecified atom stereocenters. The number of piperidine rings is 1. The third-order valence-electron chi connectivity index (χ3n) is 5.32. The summed E-state index contributed by atoms with van der Waals surface area (Å²) >= 11 is 0. The molecule has 1 heterocycles. The molecule has 0 spiro atoms. The zero-order valence-electron chi connectivity index (χ0n) is 18.4. The van der Waals surface area contributed by atoms with Gasteiger partial charge in [0.1, 0.15) is 0 Å². The molecule has 0 saturated carbocycles. The number of hydrogen-bond donors (Lipinski definition) is 3. The Morgan fingerprint density at radius 2 is 1.90 bits per heavy atom. The van der Waals surface area contributed by atoms with Crippen LogP contribution in [-0.2, 0) is 11.3 Å². The van der Waals surface area contributed by atoms with Gasteiger partial charge < -0.3 is 21.3 Å². The third kappa shape index (κ3) is 8.12. The molecule has 0 radical (unpaired) electrons. The van der Waals surface area contributed by atoms with Crippen molar-refractivity contribution in [3.05, 3.63) is 35.4 Å². The summed E-state index contributed by atoms with van der Waals surface area (Å²) in [4.78, 5) is 30.0. The molecular formula is C22H36IN5O2. The molecule has 1 aliphatic heterocycles. The number of benzene rings is 1. The standard InChI is InChI=1S/C22H35N5O2.HI/c1-4-11-22(3)12-6-13-27(16-22)21(24-5-2)26-14-17-7-9-18(10-8-17)20(29)25-15-19(23)28;/h7-10H,4-6,11-16H2,1-3H3,(H2,23,28)(H,24,26)(H,25,29);1H. The van der Waals surface area contributed by atoms with Gasteiger partial charge in [-0.2, -0.15) is 0 Å². The van der Waals surface area contributed by atoms with E-state index in [0.717, 1.165) is 31.2 Å². The molecule has 7 nitrogen and oxygen atoms in total. The van der Waals surface area contributed by atoms with Crippen molar-refractivity contribution in [1.82, 2.24) is 15.5 Å². The van der Waals surface area contributed by atoms with Gasteiger partial charge in [0.25, 0.3) is 5.91 Å². The Balaban J connectivity index is 0.00000450. The highest BCUT2D eigenvalue weighted by Crippen LogP contribution is 2.33. The second-order valence-corrected chi connectivity index (χ2v) is 8.10. The normalized spacial score (nSPS) is 19.0. The van der Waals surface area contributed by atoms with Gasteiger partial charge in [0, 0.05) is 25.2 Å². The van der Waals surface area contributed by atoms with Gasteiger partial charge in [0.2, 0.25) is 5.91 Å². The van der Waals surface area contributed by atoms with Crippen molar-refractivity contribution in [2.75, 3.05) is 26.2 Å². The summed E-state index contributed by atoms with van der Waals surface area (Å²) in [6.45, 7) is 10.0. The van der Waals surface area contributed by atoms with Crippen molar-refractivity contribution < 1.29 is 9.59 Å². The van der Waals surface area contributed by atoms with Crippen molar-refractivity contribution in [2.45, 2.75) is 53.0 Å². The van der Waals surface area contributed by atoms with E-state index < -0.39 is 5.91 Å². The predicted molar refractivity (Wildman–Crippen MR) is 132 cm³/mol. The van der Waals surface area contributed by atoms with Gasteiger partial charge in [0.15, 0.2) is 5.96 Å². The first-order valence-electron chi connectivity index (χ1n) is 10.6. The maximum Gasteiger partial charge on any atom is 0.251 e. The molecule has 0 aliphatic carbocycles. The highest BCUT2D eigenvalue weighted by atomic mass is 127. The van der Waals surface area contributed by atoms with Gasteiger partial charge in [-0.1, -0.05) is 32.4 Å². The molecule has 8 heteroatoms. The van der Waals surface area contributed by atoms with E-state index >= 15 is 0 Å². The Kier molecular flexibility index (Phi) is 11.1. The fraction of sp³-hybridized carbons (Fsp3) is 0.591. The van der Waals surface area contributed by atoms with Gasteiger partial charge in [0.05, 0.1) is 13.1 Å². The summed E-state index contributed by atoms with van der Waals surface area (Å²) in [6, 6.07) is 7.27. The first-order chi connectivity index (χ1) is 13.9. The minimum atomic E-state index is -0.562. The molecule has 1 aromatic rings. The fourth-order valence-electron chi connectivity index (χ4n) is 3.93. The summed E-state index contributed by atoms with van der Waals surface area (Å²) in [5.74, 6) is 0.0848. The van der Waals surface area contributed by atoms with Gasteiger partial charge in [-0.25, -0.2) is 4.99 Å². The average Bonchev–Trinajstić information content (AvgIpc) is 2.69. The van der Waals surface area contributed by atoms with E-state index in [1.54, 1.807) is 12.1 Å². The zero-order valence-corrected chi connectivity index (χ0v) is 20.7. The van der Waals surface area contributed by atoms with Crippen molar-refractivity contribution in [1.29, 1.82) is 0 Å². The Bertz CT molecular complexity index is 719. The maximum absolute atomic E-state index is 12.0. The Hall–Kier alpha value is -1.84. The van der Waals surface area contributed by atoms with E-state index in [-0.39, 0.29) is 36.4 Å². The summed E-state index contributed by atoms with van der Waals surface area (Å²) in [5.41, 5.74) is 6.93. The van der Waals surface area contributed by atoms with Crippen LogP contribution in [0.5, 0.6) is 0 Å². The summed E-state index contributed by atoms with van der Waals surface area (Å²) in [5, 5.41) is 5.92. The lowest BCUT2D eigenvalue weighted by Gasteiger charge is -2.42. The van der Waals surface area contributed by atoms with Crippen LogP contribution in [0, 0.1) is 5.41 Å². The first-order valence-corrected chi connectivity index (χ1v) is 10.6. The second-order valence-electron chi connectivity index (χ2n) is 8.10. The minimum Gasteiger partial charge on any atom is -0.368 e. The Labute approximate surface area is 197 Å². The van der Waals surface area contributed by atoms with Crippen molar-refractivity contribution in [2.24, 2.45) is 16.1 Å². The summed E-state index contributed by atoms with van der Waals surface area (Å²) in [6.07, 6.45) is 4.91. The summed E-state index contributed by atoms with van der Waals surface area (Å²) < 4.78 is 0. The van der Waals surface area contributed by atoms with Gasteiger partial charge >= 0.3 is 0 Å². The molecular weight excluding hydrogens is 493 g/mol. The van der Waals surface area contributed by atoms with Crippen LogP contribution in [0.25, 0.3) is 0 Å². The predicted octanol–water partition coefficient (Wildman–Crippen LogP) is 2.89. The monoisotopic (exact) mass is 529 g/mol. The molecule has 4 N–H and O–H groups in total. The van der Waals surface area contributed by atoms with Crippen molar-refractivity contribution in [3.8, 4) is 0 Å². The van der Waals surface area contributed by atoms with Gasteiger partial charge in [-0.3, -0.25) is 9.59 Å². The molecule has 1 aliphatic rings. The number of primary amides is 1. The number of aliphatic imine (C=N–C) groups is 1. The number of carbonyl (C=O) groups is 2. The van der Waals surface area contributed by atoms with Crippen LogP contribution in [0.2, 0.25) is 0 Å². The lowest BCUT2D eigenvalue weighted by Crippen LogP contribution is -2.49. The fourth-order valence-corrected chi connectivity index (χ4v) is 3.93. The van der Waals surface area contributed by atoms with E-state index in [2.05, 4.69) is 36.3 Å². The minimum absolute atomic E-state index is 0. The number of amides is 2. The van der Waals surface area contributed by atoms with Gasteiger partial charge in [-0.15, -0.1) is 24.0 Å². The number of carbonyl (C=O) groups excluding carboxylic acids is 2. The third-order valence-corrected chi connectivity index (χ3v) is 5.32. The molecule has 2 rings (SSSR count). The Morgan fingerprint density at radius 3 is 2.50 bits per heavy atom.